The lowest BCUT2D eigenvalue weighted by Gasteiger charge is -2.11. The van der Waals surface area contributed by atoms with Crippen LogP contribution >= 0.6 is 11.8 Å². The molecule has 2 rings (SSSR count). The lowest BCUT2D eigenvalue weighted by atomic mass is 10.2. The maximum Gasteiger partial charge on any atom is 0.250 e. The van der Waals surface area contributed by atoms with Gasteiger partial charge in [0, 0.05) is 17.0 Å². The number of rotatable bonds is 7. The Hall–Kier alpha value is -2.41. The van der Waals surface area contributed by atoms with Crippen molar-refractivity contribution in [2.45, 2.75) is 39.0 Å². The molecular weight excluding hydrogens is 336 g/mol. The zero-order valence-corrected chi connectivity index (χ0v) is 15.6. The maximum atomic E-state index is 11.9. The molecule has 0 bridgehead atoms. The number of hydrazone groups is 1. The summed E-state index contributed by atoms with van der Waals surface area (Å²) in [6.07, 6.45) is 1.64. The minimum absolute atomic E-state index is 0.0679. The third-order valence-electron chi connectivity index (χ3n) is 2.97. The number of aromatic nitrogens is 2. The molecule has 6 nitrogen and oxygen atoms in total. The van der Waals surface area contributed by atoms with Crippen molar-refractivity contribution in [1.29, 1.82) is 0 Å². The summed E-state index contributed by atoms with van der Waals surface area (Å²) in [5.41, 5.74) is 5.09. The average Bonchev–Trinajstić information content (AvgIpc) is 2.53. The van der Waals surface area contributed by atoms with Crippen LogP contribution in [0.15, 0.2) is 40.6 Å². The Kier molecular flexibility index (Phi) is 6.94. The first kappa shape index (κ1) is 18.9. The fourth-order valence-electron chi connectivity index (χ4n) is 2.04. The van der Waals surface area contributed by atoms with E-state index in [1.807, 2.05) is 58.0 Å². The van der Waals surface area contributed by atoms with Gasteiger partial charge in [-0.05, 0) is 45.9 Å². The number of nitrogens with one attached hydrogen (secondary N) is 1. The van der Waals surface area contributed by atoms with Crippen LogP contribution in [-0.2, 0) is 4.79 Å². The number of amides is 1. The highest BCUT2D eigenvalue weighted by Crippen LogP contribution is 2.17. The summed E-state index contributed by atoms with van der Waals surface area (Å²) in [4.78, 5) is 20.5. The number of aryl methyl sites for hydroxylation is 2. The average molecular weight is 358 g/mol. The van der Waals surface area contributed by atoms with Gasteiger partial charge in [0.2, 0.25) is 0 Å². The number of hydrogen-bond donors (Lipinski definition) is 1. The van der Waals surface area contributed by atoms with Gasteiger partial charge in [0.15, 0.2) is 5.16 Å². The van der Waals surface area contributed by atoms with E-state index in [4.69, 9.17) is 4.74 Å². The van der Waals surface area contributed by atoms with Crippen LogP contribution in [-0.4, -0.2) is 33.9 Å². The quantitative estimate of drug-likeness (QED) is 0.356. The summed E-state index contributed by atoms with van der Waals surface area (Å²) >= 11 is 1.28. The van der Waals surface area contributed by atoms with Gasteiger partial charge in [-0.25, -0.2) is 15.4 Å². The molecule has 0 aliphatic rings. The smallest absolute Gasteiger partial charge is 0.250 e. The van der Waals surface area contributed by atoms with Gasteiger partial charge >= 0.3 is 0 Å². The molecule has 1 heterocycles. The van der Waals surface area contributed by atoms with E-state index in [0.29, 0.717) is 5.16 Å². The molecule has 7 heteroatoms. The van der Waals surface area contributed by atoms with Crippen LogP contribution in [0.2, 0.25) is 0 Å². The van der Waals surface area contributed by atoms with Crippen LogP contribution in [0.3, 0.4) is 0 Å². The Bertz CT molecular complexity index is 742. The molecule has 1 amide bonds. The molecule has 0 spiro atoms. The van der Waals surface area contributed by atoms with Gasteiger partial charge in [0.05, 0.1) is 18.1 Å². The van der Waals surface area contributed by atoms with Crippen molar-refractivity contribution in [1.82, 2.24) is 15.4 Å². The van der Waals surface area contributed by atoms with Crippen LogP contribution < -0.4 is 10.2 Å². The van der Waals surface area contributed by atoms with Crippen molar-refractivity contribution in [3.8, 4) is 5.75 Å². The summed E-state index contributed by atoms with van der Waals surface area (Å²) in [6, 6.07) is 9.44. The second kappa shape index (κ2) is 9.17. The van der Waals surface area contributed by atoms with Gasteiger partial charge in [-0.3, -0.25) is 4.79 Å². The van der Waals surface area contributed by atoms with Crippen molar-refractivity contribution < 1.29 is 9.53 Å². The van der Waals surface area contributed by atoms with Gasteiger partial charge in [0.25, 0.3) is 5.91 Å². The number of benzene rings is 1. The first-order chi connectivity index (χ1) is 11.9. The topological polar surface area (TPSA) is 76.5 Å². The second-order valence-electron chi connectivity index (χ2n) is 5.72. The highest BCUT2D eigenvalue weighted by Gasteiger charge is 2.06. The van der Waals surface area contributed by atoms with Crippen LogP contribution in [0.25, 0.3) is 0 Å². The predicted octanol–water partition coefficient (Wildman–Crippen LogP) is 3.12. The van der Waals surface area contributed by atoms with Crippen molar-refractivity contribution >= 4 is 23.9 Å². The molecule has 1 aromatic carbocycles. The Balaban J connectivity index is 1.88. The number of carbonyl (C=O) groups excluding carboxylic acids is 1. The van der Waals surface area contributed by atoms with Crippen LogP contribution in [0, 0.1) is 13.8 Å². The van der Waals surface area contributed by atoms with E-state index in [1.54, 1.807) is 6.21 Å². The normalized spacial score (nSPS) is 11.1. The van der Waals surface area contributed by atoms with E-state index in [1.165, 1.54) is 11.8 Å². The lowest BCUT2D eigenvalue weighted by Crippen LogP contribution is -2.20. The number of ether oxygens (including phenoxy) is 1. The summed E-state index contributed by atoms with van der Waals surface area (Å²) < 4.78 is 5.71. The van der Waals surface area contributed by atoms with Crippen LogP contribution in [0.5, 0.6) is 5.75 Å². The number of nitrogens with zero attached hydrogens (tertiary/aromatic N) is 3. The standard InChI is InChI=1S/C18H22N4O2S/c1-12(2)24-16-8-6-5-7-15(16)10-19-22-17(23)11-25-18-20-13(3)9-14(4)21-18/h5-10,12H,11H2,1-4H3,(H,22,23)/b19-10+. The Morgan fingerprint density at radius 3 is 2.64 bits per heavy atom. The first-order valence-corrected chi connectivity index (χ1v) is 8.95. The molecule has 1 N–H and O–H groups in total. The summed E-state index contributed by atoms with van der Waals surface area (Å²) in [6.45, 7) is 7.73. The molecule has 1 aromatic heterocycles. The van der Waals surface area contributed by atoms with E-state index in [0.717, 1.165) is 22.7 Å². The molecular formula is C18H22N4O2S. The summed E-state index contributed by atoms with van der Waals surface area (Å²) in [5.74, 6) is 0.712. The predicted molar refractivity (Wildman–Crippen MR) is 100 cm³/mol. The highest BCUT2D eigenvalue weighted by molar-refractivity contribution is 7.99. The molecule has 2 aromatic rings. The zero-order chi connectivity index (χ0) is 18.2. The molecule has 0 fully saturated rings. The fourth-order valence-corrected chi connectivity index (χ4v) is 2.78. The van der Waals surface area contributed by atoms with Crippen molar-refractivity contribution in [2.24, 2.45) is 5.10 Å². The molecule has 0 radical (unpaired) electrons. The maximum absolute atomic E-state index is 11.9. The Morgan fingerprint density at radius 2 is 1.96 bits per heavy atom. The second-order valence-corrected chi connectivity index (χ2v) is 6.66. The molecule has 25 heavy (non-hydrogen) atoms. The van der Waals surface area contributed by atoms with Crippen molar-refractivity contribution in [3.05, 3.63) is 47.3 Å². The third kappa shape index (κ3) is 6.54. The minimum Gasteiger partial charge on any atom is -0.490 e. The van der Waals surface area contributed by atoms with Crippen molar-refractivity contribution in [3.63, 3.8) is 0 Å². The van der Waals surface area contributed by atoms with E-state index < -0.39 is 0 Å². The van der Waals surface area contributed by atoms with E-state index in [-0.39, 0.29) is 17.8 Å². The summed E-state index contributed by atoms with van der Waals surface area (Å²) in [5, 5.41) is 4.59. The Morgan fingerprint density at radius 1 is 1.28 bits per heavy atom. The van der Waals surface area contributed by atoms with Gasteiger partial charge in [-0.2, -0.15) is 5.10 Å². The van der Waals surface area contributed by atoms with Gasteiger partial charge in [-0.1, -0.05) is 23.9 Å². The van der Waals surface area contributed by atoms with E-state index in [9.17, 15) is 4.79 Å². The van der Waals surface area contributed by atoms with Crippen LogP contribution in [0.4, 0.5) is 0 Å². The molecule has 132 valence electrons. The molecule has 0 atom stereocenters. The first-order valence-electron chi connectivity index (χ1n) is 7.96. The minimum atomic E-state index is -0.216. The summed E-state index contributed by atoms with van der Waals surface area (Å²) in [7, 11) is 0. The van der Waals surface area contributed by atoms with Crippen molar-refractivity contribution in [2.75, 3.05) is 5.75 Å². The van der Waals surface area contributed by atoms with E-state index in [2.05, 4.69) is 20.5 Å². The van der Waals surface area contributed by atoms with E-state index >= 15 is 0 Å². The highest BCUT2D eigenvalue weighted by atomic mass is 32.2. The van der Waals surface area contributed by atoms with Crippen LogP contribution in [0.1, 0.15) is 30.8 Å². The number of para-hydroxylation sites is 1. The van der Waals surface area contributed by atoms with Gasteiger partial charge in [0.1, 0.15) is 5.75 Å². The van der Waals surface area contributed by atoms with Gasteiger partial charge in [-0.15, -0.1) is 0 Å². The number of carbonyl (C=O) groups is 1. The number of thioether (sulfide) groups is 1. The fraction of sp³-hybridized carbons (Fsp3) is 0.333. The SMILES string of the molecule is Cc1cc(C)nc(SCC(=O)N/N=C/c2ccccc2OC(C)C)n1. The molecule has 0 saturated heterocycles. The zero-order valence-electron chi connectivity index (χ0n) is 14.8. The number of hydrogen-bond acceptors (Lipinski definition) is 6. The molecule has 0 aliphatic heterocycles. The lowest BCUT2D eigenvalue weighted by molar-refractivity contribution is -0.118. The van der Waals surface area contributed by atoms with Gasteiger partial charge < -0.3 is 4.74 Å². The molecule has 0 saturated carbocycles. The molecule has 0 unspecified atom stereocenters. The largest absolute Gasteiger partial charge is 0.490 e. The molecule has 0 aliphatic carbocycles. The third-order valence-corrected chi connectivity index (χ3v) is 3.82. The Labute approximate surface area is 152 Å². The monoisotopic (exact) mass is 358 g/mol.